The Hall–Kier alpha value is -1.92. The summed E-state index contributed by atoms with van der Waals surface area (Å²) in [6.07, 6.45) is 0.0667. The van der Waals surface area contributed by atoms with Gasteiger partial charge in [0.1, 0.15) is 0 Å². The van der Waals surface area contributed by atoms with Crippen LogP contribution in [0, 0.1) is 20.8 Å². The number of rotatable bonds is 5. The zero-order valence-electron chi connectivity index (χ0n) is 17.6. The molecule has 1 aromatic carbocycles. The van der Waals surface area contributed by atoms with E-state index in [1.165, 1.54) is 5.56 Å². The first-order valence-electron chi connectivity index (χ1n) is 9.60. The molecule has 0 saturated carbocycles. The van der Waals surface area contributed by atoms with Crippen molar-refractivity contribution in [1.82, 2.24) is 9.80 Å². The van der Waals surface area contributed by atoms with Crippen LogP contribution in [-0.4, -0.2) is 66.5 Å². The third-order valence-corrected chi connectivity index (χ3v) is 5.08. The molecule has 2 amide bonds. The van der Waals surface area contributed by atoms with E-state index >= 15 is 0 Å². The Labute approximate surface area is 162 Å². The maximum Gasteiger partial charge on any atom is 0.239 e. The molecule has 1 saturated heterocycles. The van der Waals surface area contributed by atoms with Crippen LogP contribution in [0.4, 0.5) is 5.69 Å². The van der Waals surface area contributed by atoms with Gasteiger partial charge in [0.25, 0.3) is 0 Å². The van der Waals surface area contributed by atoms with Crippen LogP contribution in [0.3, 0.4) is 0 Å². The summed E-state index contributed by atoms with van der Waals surface area (Å²) in [5, 5.41) is 3.00. The Morgan fingerprint density at radius 3 is 2.22 bits per heavy atom. The molecule has 1 aliphatic rings. The number of nitrogens with zero attached hydrogens (tertiary/aromatic N) is 2. The highest BCUT2D eigenvalue weighted by atomic mass is 16.5. The molecule has 150 valence electrons. The van der Waals surface area contributed by atoms with Gasteiger partial charge in [-0.2, -0.15) is 0 Å². The van der Waals surface area contributed by atoms with Crippen LogP contribution < -0.4 is 5.32 Å². The van der Waals surface area contributed by atoms with E-state index in [2.05, 4.69) is 17.4 Å². The van der Waals surface area contributed by atoms with Crippen molar-refractivity contribution in [3.63, 3.8) is 0 Å². The molecule has 0 aliphatic carbocycles. The van der Waals surface area contributed by atoms with Crippen LogP contribution in [-0.2, 0) is 14.3 Å². The van der Waals surface area contributed by atoms with Crippen molar-refractivity contribution in [2.75, 3.05) is 32.0 Å². The number of morpholine rings is 1. The summed E-state index contributed by atoms with van der Waals surface area (Å²) >= 11 is 0. The van der Waals surface area contributed by atoms with Crippen molar-refractivity contribution in [1.29, 1.82) is 0 Å². The topological polar surface area (TPSA) is 61.9 Å². The highest BCUT2D eigenvalue weighted by molar-refractivity contribution is 5.94. The zero-order chi connectivity index (χ0) is 20.3. The molecule has 0 bridgehead atoms. The van der Waals surface area contributed by atoms with Gasteiger partial charge in [0.05, 0.1) is 24.8 Å². The van der Waals surface area contributed by atoms with Crippen LogP contribution in [0.25, 0.3) is 0 Å². The summed E-state index contributed by atoms with van der Waals surface area (Å²) in [4.78, 5) is 29.0. The number of carbonyl (C=O) groups is 2. The van der Waals surface area contributed by atoms with Gasteiger partial charge in [-0.1, -0.05) is 17.7 Å². The maximum atomic E-state index is 12.8. The number of nitrogens with one attached hydrogen (secondary N) is 1. The third-order valence-electron chi connectivity index (χ3n) is 5.08. The lowest BCUT2D eigenvalue weighted by molar-refractivity contribution is -0.148. The molecule has 6 heteroatoms. The molecule has 1 heterocycles. The molecule has 1 N–H and O–H groups in total. The van der Waals surface area contributed by atoms with Gasteiger partial charge < -0.3 is 15.0 Å². The molecular formula is C21H33N3O3. The molecule has 3 atom stereocenters. The monoisotopic (exact) mass is 375 g/mol. The minimum Gasteiger partial charge on any atom is -0.372 e. The number of hydrogen-bond donors (Lipinski definition) is 1. The number of carbonyl (C=O) groups excluding carboxylic acids is 2. The molecule has 3 unspecified atom stereocenters. The predicted octanol–water partition coefficient (Wildman–Crippen LogP) is 2.51. The predicted molar refractivity (Wildman–Crippen MR) is 108 cm³/mol. The second-order valence-corrected chi connectivity index (χ2v) is 7.91. The second-order valence-electron chi connectivity index (χ2n) is 7.91. The lowest BCUT2D eigenvalue weighted by Gasteiger charge is -2.38. The largest absolute Gasteiger partial charge is 0.372 e. The number of aryl methyl sites for hydroxylation is 3. The van der Waals surface area contributed by atoms with Crippen molar-refractivity contribution in [3.8, 4) is 0 Å². The van der Waals surface area contributed by atoms with Crippen molar-refractivity contribution in [3.05, 3.63) is 28.8 Å². The number of amides is 2. The van der Waals surface area contributed by atoms with Gasteiger partial charge in [-0.25, -0.2) is 0 Å². The van der Waals surface area contributed by atoms with Gasteiger partial charge in [0.2, 0.25) is 11.8 Å². The first-order chi connectivity index (χ1) is 12.6. The average Bonchev–Trinajstić information content (AvgIpc) is 2.55. The van der Waals surface area contributed by atoms with Crippen molar-refractivity contribution in [2.24, 2.45) is 0 Å². The number of hydrogen-bond acceptors (Lipinski definition) is 4. The van der Waals surface area contributed by atoms with E-state index in [1.807, 2.05) is 53.5 Å². The lowest BCUT2D eigenvalue weighted by Crippen LogP contribution is -2.54. The van der Waals surface area contributed by atoms with Crippen molar-refractivity contribution in [2.45, 2.75) is 59.8 Å². The standard InChI is InChI=1S/C21H33N3O3/c1-13-8-14(2)20(15(3)9-13)22-19(25)12-23(7)18(6)21(26)24-10-16(4)27-17(5)11-24/h8-9,16-18H,10-12H2,1-7H3,(H,22,25). The first-order valence-corrected chi connectivity index (χ1v) is 9.60. The Morgan fingerprint density at radius 2 is 1.70 bits per heavy atom. The van der Waals surface area contributed by atoms with Gasteiger partial charge in [-0.3, -0.25) is 14.5 Å². The van der Waals surface area contributed by atoms with Crippen LogP contribution in [0.15, 0.2) is 12.1 Å². The van der Waals surface area contributed by atoms with E-state index in [0.29, 0.717) is 13.1 Å². The molecule has 0 aromatic heterocycles. The van der Waals surface area contributed by atoms with E-state index < -0.39 is 0 Å². The molecule has 6 nitrogen and oxygen atoms in total. The quantitative estimate of drug-likeness (QED) is 0.859. The molecule has 1 aromatic rings. The minimum atomic E-state index is -0.367. The molecule has 0 radical (unpaired) electrons. The summed E-state index contributed by atoms with van der Waals surface area (Å²) in [7, 11) is 1.81. The van der Waals surface area contributed by atoms with E-state index in [9.17, 15) is 9.59 Å². The number of ether oxygens (including phenoxy) is 1. The SMILES string of the molecule is Cc1cc(C)c(NC(=O)CN(C)C(C)C(=O)N2CC(C)OC(C)C2)c(C)c1. The van der Waals surface area contributed by atoms with Crippen molar-refractivity contribution < 1.29 is 14.3 Å². The first kappa shape index (κ1) is 21.4. The number of anilines is 1. The maximum absolute atomic E-state index is 12.8. The number of likely N-dealkylation sites (N-methyl/N-ethyl adjacent to an activating group) is 1. The fourth-order valence-corrected chi connectivity index (χ4v) is 3.73. The van der Waals surface area contributed by atoms with Gasteiger partial charge in [-0.15, -0.1) is 0 Å². The van der Waals surface area contributed by atoms with Crippen LogP contribution in [0.1, 0.15) is 37.5 Å². The average molecular weight is 376 g/mol. The van der Waals surface area contributed by atoms with Crippen LogP contribution in [0.2, 0.25) is 0 Å². The van der Waals surface area contributed by atoms with Gasteiger partial charge in [0, 0.05) is 18.8 Å². The molecule has 27 heavy (non-hydrogen) atoms. The smallest absolute Gasteiger partial charge is 0.239 e. The third kappa shape index (κ3) is 5.53. The normalized spacial score (nSPS) is 21.3. The van der Waals surface area contributed by atoms with Gasteiger partial charge in [0.15, 0.2) is 0 Å². The molecule has 2 rings (SSSR count). The molecule has 0 spiro atoms. The van der Waals surface area contributed by atoms with E-state index in [1.54, 1.807) is 4.90 Å². The van der Waals surface area contributed by atoms with Gasteiger partial charge >= 0.3 is 0 Å². The summed E-state index contributed by atoms with van der Waals surface area (Å²) in [6, 6.07) is 3.74. The molecule has 1 fully saturated rings. The summed E-state index contributed by atoms with van der Waals surface area (Å²) in [6.45, 7) is 13.2. The van der Waals surface area contributed by atoms with Crippen molar-refractivity contribution >= 4 is 17.5 Å². The Kier molecular flexibility index (Phi) is 7.00. The Balaban J connectivity index is 1.96. The second kappa shape index (κ2) is 8.85. The fourth-order valence-electron chi connectivity index (χ4n) is 3.73. The van der Waals surface area contributed by atoms with Gasteiger partial charge in [-0.05, 0) is 59.7 Å². The summed E-state index contributed by atoms with van der Waals surface area (Å²) in [5.41, 5.74) is 4.12. The Morgan fingerprint density at radius 1 is 1.19 bits per heavy atom. The fraction of sp³-hybridized carbons (Fsp3) is 0.619. The van der Waals surface area contributed by atoms with E-state index in [4.69, 9.17) is 4.74 Å². The highest BCUT2D eigenvalue weighted by Crippen LogP contribution is 2.22. The molecular weight excluding hydrogens is 342 g/mol. The van der Waals surface area contributed by atoms with E-state index in [0.717, 1.165) is 16.8 Å². The minimum absolute atomic E-state index is 0.0333. The highest BCUT2D eigenvalue weighted by Gasteiger charge is 2.30. The molecule has 1 aliphatic heterocycles. The van der Waals surface area contributed by atoms with Crippen LogP contribution >= 0.6 is 0 Å². The lowest BCUT2D eigenvalue weighted by atomic mass is 10.1. The zero-order valence-corrected chi connectivity index (χ0v) is 17.6. The van der Waals surface area contributed by atoms with Crippen LogP contribution in [0.5, 0.6) is 0 Å². The summed E-state index contributed by atoms with van der Waals surface area (Å²) in [5.74, 6) is -0.0779. The number of benzene rings is 1. The van der Waals surface area contributed by atoms with E-state index in [-0.39, 0.29) is 36.6 Å². The Bertz CT molecular complexity index is 671. The summed E-state index contributed by atoms with van der Waals surface area (Å²) < 4.78 is 5.70.